The van der Waals surface area contributed by atoms with E-state index in [-0.39, 0.29) is 52.5 Å². The number of methoxy groups -OCH3 is 1. The number of imide groups is 1. The van der Waals surface area contributed by atoms with Crippen molar-refractivity contribution in [3.63, 3.8) is 0 Å². The molecular formula is C25H21ClFNO6S. The van der Waals surface area contributed by atoms with Crippen LogP contribution >= 0.6 is 22.9 Å². The van der Waals surface area contributed by atoms with E-state index in [4.69, 9.17) is 22.8 Å². The van der Waals surface area contributed by atoms with Crippen LogP contribution in [0.5, 0.6) is 0 Å². The molecule has 0 bridgehead atoms. The number of carbonyl (C=O) groups is 4. The average Bonchev–Trinajstić information content (AvgIpc) is 3.15. The summed E-state index contributed by atoms with van der Waals surface area (Å²) in [5.41, 5.74) is -0.267. The summed E-state index contributed by atoms with van der Waals surface area (Å²) in [5, 5.41) is -1.19. The molecular weight excluding hydrogens is 497 g/mol. The quantitative estimate of drug-likeness (QED) is 0.306. The van der Waals surface area contributed by atoms with Crippen molar-refractivity contribution in [2.45, 2.75) is 32.1 Å². The van der Waals surface area contributed by atoms with Crippen LogP contribution in [0.3, 0.4) is 0 Å². The number of anilines is 1. The van der Waals surface area contributed by atoms with Gasteiger partial charge >= 0.3 is 11.9 Å². The van der Waals surface area contributed by atoms with Gasteiger partial charge < -0.3 is 9.47 Å². The maximum absolute atomic E-state index is 15.2. The second-order valence-corrected chi connectivity index (χ2v) is 8.90. The molecule has 1 aliphatic rings. The van der Waals surface area contributed by atoms with E-state index in [2.05, 4.69) is 10.7 Å². The highest BCUT2D eigenvalue weighted by atomic mass is 35.5. The summed E-state index contributed by atoms with van der Waals surface area (Å²) >= 11 is 6.93. The zero-order valence-corrected chi connectivity index (χ0v) is 20.3. The first-order valence-electron chi connectivity index (χ1n) is 10.6. The summed E-state index contributed by atoms with van der Waals surface area (Å²) in [7, 11) is 1.17. The van der Waals surface area contributed by atoms with Gasteiger partial charge in [0, 0.05) is 21.6 Å². The molecule has 0 saturated carbocycles. The minimum Gasteiger partial charge on any atom is -0.469 e. The van der Waals surface area contributed by atoms with Gasteiger partial charge in [-0.25, -0.2) is 9.69 Å². The molecule has 0 unspecified atom stereocenters. The van der Waals surface area contributed by atoms with E-state index < -0.39 is 34.6 Å². The lowest BCUT2D eigenvalue weighted by Crippen LogP contribution is -2.40. The van der Waals surface area contributed by atoms with Gasteiger partial charge in [-0.15, -0.1) is 17.8 Å². The fraction of sp³-hybridized carbons (Fsp3) is 0.280. The number of thiophene rings is 1. The third-order valence-electron chi connectivity index (χ3n) is 5.29. The normalized spacial score (nSPS) is 13.1. The molecule has 7 nitrogen and oxygen atoms in total. The number of esters is 2. The number of hydrogen-bond acceptors (Lipinski definition) is 7. The summed E-state index contributed by atoms with van der Waals surface area (Å²) in [6.45, 7) is -0.279. The highest BCUT2D eigenvalue weighted by molar-refractivity contribution is 7.11. The zero-order valence-electron chi connectivity index (χ0n) is 18.8. The van der Waals surface area contributed by atoms with Gasteiger partial charge in [-0.3, -0.25) is 14.4 Å². The molecule has 1 aromatic carbocycles. The highest BCUT2D eigenvalue weighted by Gasteiger charge is 2.37. The Kier molecular flexibility index (Phi) is 8.79. The summed E-state index contributed by atoms with van der Waals surface area (Å²) in [6.07, 6.45) is 6.44. The van der Waals surface area contributed by atoms with Crippen molar-refractivity contribution < 1.29 is 33.0 Å². The van der Waals surface area contributed by atoms with Gasteiger partial charge in [0.1, 0.15) is 5.69 Å². The Morgan fingerprint density at radius 3 is 2.40 bits per heavy atom. The lowest BCUT2D eigenvalue weighted by atomic mass is 9.90. The van der Waals surface area contributed by atoms with E-state index in [9.17, 15) is 19.2 Å². The maximum Gasteiger partial charge on any atom is 0.335 e. The van der Waals surface area contributed by atoms with Crippen LogP contribution in [-0.4, -0.2) is 37.5 Å². The Bertz CT molecular complexity index is 1230. The van der Waals surface area contributed by atoms with Crippen molar-refractivity contribution in [3.05, 3.63) is 62.1 Å². The molecule has 182 valence electrons. The molecule has 0 spiro atoms. The van der Waals surface area contributed by atoms with Crippen LogP contribution < -0.4 is 4.90 Å². The molecule has 1 aliphatic carbocycles. The first kappa shape index (κ1) is 26.1. The predicted octanol–water partition coefficient (Wildman–Crippen LogP) is 4.48. The number of hydrogen-bond donors (Lipinski definition) is 0. The lowest BCUT2D eigenvalue weighted by Gasteiger charge is -2.25. The number of halogens is 2. The number of rotatable bonds is 7. The maximum atomic E-state index is 15.2. The molecule has 0 fully saturated rings. The third-order valence-corrected chi connectivity index (χ3v) is 6.78. The number of ether oxygens (including phenoxy) is 2. The Morgan fingerprint density at radius 2 is 1.77 bits per heavy atom. The Balaban J connectivity index is 2.15. The number of nitrogens with zero attached hydrogens (tertiary/aromatic N) is 1. The van der Waals surface area contributed by atoms with Gasteiger partial charge in [-0.05, 0) is 37.8 Å². The molecule has 2 aromatic rings. The van der Waals surface area contributed by atoms with Gasteiger partial charge in [0.15, 0.2) is 6.61 Å². The van der Waals surface area contributed by atoms with Crippen LogP contribution in [0.15, 0.2) is 41.5 Å². The Labute approximate surface area is 210 Å². The van der Waals surface area contributed by atoms with Crippen LogP contribution in [0.1, 0.15) is 40.9 Å². The smallest absolute Gasteiger partial charge is 0.335 e. The summed E-state index contributed by atoms with van der Waals surface area (Å²) < 4.78 is 24.8. The van der Waals surface area contributed by atoms with Gasteiger partial charge in [0.25, 0.3) is 11.8 Å². The molecule has 35 heavy (non-hydrogen) atoms. The number of amides is 2. The van der Waals surface area contributed by atoms with Crippen LogP contribution in [0.2, 0.25) is 5.02 Å². The van der Waals surface area contributed by atoms with E-state index in [1.165, 1.54) is 19.2 Å². The highest BCUT2D eigenvalue weighted by Crippen LogP contribution is 2.41. The molecule has 0 radical (unpaired) electrons. The lowest BCUT2D eigenvalue weighted by molar-refractivity contribution is -0.140. The van der Waals surface area contributed by atoms with Gasteiger partial charge in [0.05, 0.1) is 18.6 Å². The largest absolute Gasteiger partial charge is 0.469 e. The minimum absolute atomic E-state index is 0.0266. The van der Waals surface area contributed by atoms with Gasteiger partial charge in [-0.1, -0.05) is 35.7 Å². The molecule has 1 heterocycles. The summed E-state index contributed by atoms with van der Waals surface area (Å²) in [4.78, 5) is 52.3. The standard InChI is InChI=1S/C25H21ClFNO6S/c1-3-13-34-25(32)17-12-8-7-11-16(17)24(31)28(23(30)15-9-5-4-6-10-15)21-20(26)18(35-22(21)27)14-19(29)33-2/h1,4-6,9-10H,7-8,11-14H2,2H3. The van der Waals surface area contributed by atoms with Gasteiger partial charge in [-0.2, -0.15) is 4.39 Å². The van der Waals surface area contributed by atoms with Crippen molar-refractivity contribution in [2.75, 3.05) is 18.6 Å². The first-order chi connectivity index (χ1) is 16.8. The molecule has 10 heteroatoms. The molecule has 0 saturated heterocycles. The monoisotopic (exact) mass is 517 g/mol. The van der Waals surface area contributed by atoms with E-state index in [1.54, 1.807) is 18.2 Å². The zero-order chi connectivity index (χ0) is 25.5. The van der Waals surface area contributed by atoms with Gasteiger partial charge in [0.2, 0.25) is 5.13 Å². The van der Waals surface area contributed by atoms with E-state index in [0.29, 0.717) is 29.1 Å². The number of benzene rings is 1. The van der Waals surface area contributed by atoms with Crippen LogP contribution in [0, 0.1) is 17.5 Å². The first-order valence-corrected chi connectivity index (χ1v) is 11.8. The fourth-order valence-electron chi connectivity index (χ4n) is 3.62. The fourth-order valence-corrected chi connectivity index (χ4v) is 4.91. The van der Waals surface area contributed by atoms with Crippen molar-refractivity contribution >= 4 is 52.4 Å². The molecule has 1 aromatic heterocycles. The van der Waals surface area contributed by atoms with Crippen LogP contribution in [0.4, 0.5) is 10.1 Å². The van der Waals surface area contributed by atoms with E-state index >= 15 is 4.39 Å². The Morgan fingerprint density at radius 1 is 1.11 bits per heavy atom. The van der Waals surface area contributed by atoms with Crippen LogP contribution in [0.25, 0.3) is 0 Å². The van der Waals surface area contributed by atoms with Crippen LogP contribution in [-0.2, 0) is 30.3 Å². The molecule has 2 amide bonds. The third kappa shape index (κ3) is 5.78. The molecule has 3 rings (SSSR count). The molecule has 0 atom stereocenters. The predicted molar refractivity (Wildman–Crippen MR) is 129 cm³/mol. The summed E-state index contributed by atoms with van der Waals surface area (Å²) in [6, 6.07) is 7.79. The number of terminal acetylenes is 1. The van der Waals surface area contributed by atoms with Crippen molar-refractivity contribution in [1.82, 2.24) is 0 Å². The topological polar surface area (TPSA) is 90.0 Å². The molecule has 0 aliphatic heterocycles. The SMILES string of the molecule is C#CCOC(=O)C1=C(C(=O)N(C(=O)c2ccccc2)c2c(F)sc(CC(=O)OC)c2Cl)CCCC1. The second kappa shape index (κ2) is 11.8. The summed E-state index contributed by atoms with van der Waals surface area (Å²) in [5.74, 6) is -0.973. The van der Waals surface area contributed by atoms with Crippen molar-refractivity contribution in [3.8, 4) is 12.3 Å². The molecule has 0 N–H and O–H groups in total. The van der Waals surface area contributed by atoms with Crippen molar-refractivity contribution in [1.29, 1.82) is 0 Å². The average molecular weight is 518 g/mol. The number of carbonyl (C=O) groups excluding carboxylic acids is 4. The Hall–Kier alpha value is -3.48. The minimum atomic E-state index is -0.931. The van der Waals surface area contributed by atoms with Crippen molar-refractivity contribution in [2.24, 2.45) is 0 Å². The van der Waals surface area contributed by atoms with E-state index in [0.717, 1.165) is 0 Å². The van der Waals surface area contributed by atoms with E-state index in [1.807, 2.05) is 0 Å². The second-order valence-electron chi connectivity index (χ2n) is 7.47.